The first-order valence-electron chi connectivity index (χ1n) is 7.79. The first kappa shape index (κ1) is 15.6. The number of rotatable bonds is 5. The summed E-state index contributed by atoms with van der Waals surface area (Å²) in [5.41, 5.74) is 1.36. The van der Waals surface area contributed by atoms with E-state index in [0.29, 0.717) is 12.5 Å². The predicted octanol–water partition coefficient (Wildman–Crippen LogP) is 4.23. The van der Waals surface area contributed by atoms with E-state index in [0.717, 1.165) is 31.4 Å². The average Bonchev–Trinajstić information content (AvgIpc) is 2.49. The molecule has 1 aromatic rings. The van der Waals surface area contributed by atoms with Crippen LogP contribution in [0.2, 0.25) is 0 Å². The predicted molar refractivity (Wildman–Crippen MR) is 83.5 cm³/mol. The van der Waals surface area contributed by atoms with E-state index >= 15 is 0 Å². The van der Waals surface area contributed by atoms with Gasteiger partial charge >= 0.3 is 5.97 Å². The number of carbonyl (C=O) groups excluding carboxylic acids is 1. The lowest BCUT2D eigenvalue weighted by molar-refractivity contribution is -0.144. The molecule has 0 spiro atoms. The molecule has 1 saturated carbocycles. The molecule has 0 saturated heterocycles. The Hall–Kier alpha value is -1.77. The van der Waals surface area contributed by atoms with Gasteiger partial charge in [0.15, 0.2) is 0 Å². The van der Waals surface area contributed by atoms with Crippen molar-refractivity contribution in [2.75, 3.05) is 6.61 Å². The van der Waals surface area contributed by atoms with Crippen LogP contribution in [-0.4, -0.2) is 18.7 Å². The van der Waals surface area contributed by atoms with Gasteiger partial charge in [-0.05, 0) is 63.1 Å². The smallest absolute Gasteiger partial charge is 0.330 e. The maximum Gasteiger partial charge on any atom is 0.330 e. The summed E-state index contributed by atoms with van der Waals surface area (Å²) in [6, 6.07) is 8.39. The zero-order valence-corrected chi connectivity index (χ0v) is 12.9. The van der Waals surface area contributed by atoms with Gasteiger partial charge in [-0.2, -0.15) is 0 Å². The number of hydrogen-bond acceptors (Lipinski definition) is 3. The van der Waals surface area contributed by atoms with Gasteiger partial charge in [0.05, 0.1) is 6.61 Å². The monoisotopic (exact) mass is 288 g/mol. The number of esters is 1. The van der Waals surface area contributed by atoms with E-state index in [9.17, 15) is 4.79 Å². The van der Waals surface area contributed by atoms with Crippen molar-refractivity contribution in [1.82, 2.24) is 0 Å². The Bertz CT molecular complexity index is 468. The maximum atomic E-state index is 11.4. The summed E-state index contributed by atoms with van der Waals surface area (Å²) in [5, 5.41) is 0. The fourth-order valence-electron chi connectivity index (χ4n) is 2.86. The van der Waals surface area contributed by atoms with Crippen LogP contribution in [0.25, 0.3) is 0 Å². The molecule has 0 aliphatic heterocycles. The van der Waals surface area contributed by atoms with Crippen molar-refractivity contribution in [2.45, 2.75) is 51.6 Å². The topological polar surface area (TPSA) is 35.5 Å². The van der Waals surface area contributed by atoms with E-state index < -0.39 is 0 Å². The Balaban J connectivity index is 1.84. The van der Waals surface area contributed by atoms with Crippen LogP contribution >= 0.6 is 0 Å². The highest BCUT2D eigenvalue weighted by Crippen LogP contribution is 2.34. The van der Waals surface area contributed by atoms with Gasteiger partial charge in [-0.3, -0.25) is 0 Å². The van der Waals surface area contributed by atoms with Gasteiger partial charge in [0.25, 0.3) is 0 Å². The summed E-state index contributed by atoms with van der Waals surface area (Å²) >= 11 is 0. The lowest BCUT2D eigenvalue weighted by Crippen LogP contribution is -2.23. The fraction of sp³-hybridized carbons (Fsp3) is 0.500. The minimum Gasteiger partial charge on any atom is -0.494 e. The molecule has 1 aliphatic carbocycles. The normalized spacial score (nSPS) is 22.2. The molecule has 114 valence electrons. The molecular formula is C18H24O3. The minimum absolute atomic E-state index is 0.0765. The largest absolute Gasteiger partial charge is 0.494 e. The van der Waals surface area contributed by atoms with Crippen LogP contribution in [-0.2, 0) is 9.53 Å². The van der Waals surface area contributed by atoms with Crippen molar-refractivity contribution < 1.29 is 14.3 Å². The SMILES string of the molecule is CC=CC(=O)OC1CCC(c2ccc(OCC)cc2)CC1. The second kappa shape index (κ2) is 7.87. The summed E-state index contributed by atoms with van der Waals surface area (Å²) in [6.45, 7) is 4.51. The first-order valence-corrected chi connectivity index (χ1v) is 7.79. The van der Waals surface area contributed by atoms with Crippen molar-refractivity contribution in [1.29, 1.82) is 0 Å². The molecule has 1 aromatic carbocycles. The van der Waals surface area contributed by atoms with Gasteiger partial charge in [0, 0.05) is 6.08 Å². The molecule has 21 heavy (non-hydrogen) atoms. The van der Waals surface area contributed by atoms with Crippen molar-refractivity contribution in [2.24, 2.45) is 0 Å². The molecule has 1 aliphatic rings. The number of allylic oxidation sites excluding steroid dienone is 1. The van der Waals surface area contributed by atoms with E-state index in [1.807, 2.05) is 26.0 Å². The molecule has 0 aromatic heterocycles. The van der Waals surface area contributed by atoms with Crippen molar-refractivity contribution in [3.63, 3.8) is 0 Å². The molecule has 3 heteroatoms. The summed E-state index contributed by atoms with van der Waals surface area (Å²) in [5.74, 6) is 1.27. The van der Waals surface area contributed by atoms with E-state index in [2.05, 4.69) is 12.1 Å². The number of carbonyl (C=O) groups is 1. The molecule has 0 heterocycles. The highest BCUT2D eigenvalue weighted by molar-refractivity contribution is 5.81. The van der Waals surface area contributed by atoms with Crippen molar-refractivity contribution in [3.05, 3.63) is 42.0 Å². The van der Waals surface area contributed by atoms with Gasteiger partial charge < -0.3 is 9.47 Å². The summed E-state index contributed by atoms with van der Waals surface area (Å²) in [6.07, 6.45) is 7.31. The number of hydrogen-bond donors (Lipinski definition) is 0. The molecule has 0 radical (unpaired) electrons. The van der Waals surface area contributed by atoms with Crippen LogP contribution in [0.3, 0.4) is 0 Å². The van der Waals surface area contributed by atoms with Crippen molar-refractivity contribution >= 4 is 5.97 Å². The Kier molecular flexibility index (Phi) is 5.85. The maximum absolute atomic E-state index is 11.4. The third-order valence-electron chi connectivity index (χ3n) is 3.92. The van der Waals surface area contributed by atoms with E-state index in [4.69, 9.17) is 9.47 Å². The summed E-state index contributed by atoms with van der Waals surface area (Å²) in [7, 11) is 0. The van der Waals surface area contributed by atoms with Gasteiger partial charge in [0.1, 0.15) is 11.9 Å². The van der Waals surface area contributed by atoms with Crippen LogP contribution < -0.4 is 4.74 Å². The fourth-order valence-corrected chi connectivity index (χ4v) is 2.86. The van der Waals surface area contributed by atoms with E-state index in [-0.39, 0.29) is 12.1 Å². The van der Waals surface area contributed by atoms with E-state index in [1.165, 1.54) is 11.6 Å². The van der Waals surface area contributed by atoms with Crippen LogP contribution in [0.4, 0.5) is 0 Å². The van der Waals surface area contributed by atoms with Crippen LogP contribution in [0.1, 0.15) is 51.0 Å². The highest BCUT2D eigenvalue weighted by atomic mass is 16.5. The van der Waals surface area contributed by atoms with Gasteiger partial charge in [0.2, 0.25) is 0 Å². The Labute approximate surface area is 127 Å². The Morgan fingerprint density at radius 3 is 2.43 bits per heavy atom. The van der Waals surface area contributed by atoms with Crippen LogP contribution in [0.5, 0.6) is 5.75 Å². The summed E-state index contributed by atoms with van der Waals surface area (Å²) in [4.78, 5) is 11.4. The molecule has 0 N–H and O–H groups in total. The molecule has 0 bridgehead atoms. The number of ether oxygens (including phenoxy) is 2. The lowest BCUT2D eigenvalue weighted by atomic mass is 9.83. The highest BCUT2D eigenvalue weighted by Gasteiger charge is 2.24. The van der Waals surface area contributed by atoms with Crippen molar-refractivity contribution in [3.8, 4) is 5.75 Å². The quantitative estimate of drug-likeness (QED) is 0.601. The van der Waals surface area contributed by atoms with Gasteiger partial charge in [-0.15, -0.1) is 0 Å². The molecule has 0 unspecified atom stereocenters. The molecule has 0 amide bonds. The molecule has 2 rings (SSSR count). The lowest BCUT2D eigenvalue weighted by Gasteiger charge is -2.28. The van der Waals surface area contributed by atoms with E-state index in [1.54, 1.807) is 6.08 Å². The average molecular weight is 288 g/mol. The second-order valence-electron chi connectivity index (χ2n) is 5.41. The Morgan fingerprint density at radius 1 is 1.19 bits per heavy atom. The third kappa shape index (κ3) is 4.62. The molecule has 1 fully saturated rings. The minimum atomic E-state index is -0.220. The standard InChI is InChI=1S/C18H24O3/c1-3-5-18(19)21-17-12-8-15(9-13-17)14-6-10-16(11-7-14)20-4-2/h3,5-7,10-11,15,17H,4,8-9,12-13H2,1-2H3. The van der Waals surface area contributed by atoms with Gasteiger partial charge in [-0.25, -0.2) is 4.79 Å². The third-order valence-corrected chi connectivity index (χ3v) is 3.92. The first-order chi connectivity index (χ1) is 10.2. The number of benzene rings is 1. The molecule has 0 atom stereocenters. The Morgan fingerprint density at radius 2 is 1.86 bits per heavy atom. The zero-order chi connectivity index (χ0) is 15.1. The van der Waals surface area contributed by atoms with Crippen LogP contribution in [0.15, 0.2) is 36.4 Å². The second-order valence-corrected chi connectivity index (χ2v) is 5.41. The zero-order valence-electron chi connectivity index (χ0n) is 12.9. The van der Waals surface area contributed by atoms with Gasteiger partial charge in [-0.1, -0.05) is 18.2 Å². The molecule has 3 nitrogen and oxygen atoms in total. The van der Waals surface area contributed by atoms with Crippen LogP contribution in [0, 0.1) is 0 Å². The summed E-state index contributed by atoms with van der Waals surface area (Å²) < 4.78 is 10.9. The molecular weight excluding hydrogens is 264 g/mol.